The van der Waals surface area contributed by atoms with E-state index in [1.54, 1.807) is 0 Å². The van der Waals surface area contributed by atoms with Gasteiger partial charge in [0, 0.05) is 67.6 Å². The maximum Gasteiger partial charge on any atom is 0.338 e. The Labute approximate surface area is 426 Å². The molecular formula is C56H52I2N4O4Si2. The molecule has 2 aliphatic heterocycles. The molecule has 2 aliphatic rings. The molecule has 0 radical (unpaired) electrons. The summed E-state index contributed by atoms with van der Waals surface area (Å²) in [7, 11) is -2.73. The molecule has 3 aromatic heterocycles. The van der Waals surface area contributed by atoms with Gasteiger partial charge in [-0.25, -0.2) is 19.6 Å². The van der Waals surface area contributed by atoms with Crippen LogP contribution in [0, 0.1) is 7.14 Å². The van der Waals surface area contributed by atoms with Gasteiger partial charge in [-0.1, -0.05) is 87.8 Å². The Kier molecular flexibility index (Phi) is 13.8. The van der Waals surface area contributed by atoms with E-state index in [1.807, 2.05) is 48.5 Å². The Balaban J connectivity index is 1.29. The van der Waals surface area contributed by atoms with Crippen molar-refractivity contribution in [2.24, 2.45) is 0 Å². The number of esters is 2. The zero-order chi connectivity index (χ0) is 47.7. The zero-order valence-electron chi connectivity index (χ0n) is 39.0. The highest BCUT2D eigenvalue weighted by Gasteiger charge is 2.21. The fraction of sp³-hybridized carbons (Fsp3) is 0.179. The van der Waals surface area contributed by atoms with E-state index in [9.17, 15) is 9.59 Å². The Morgan fingerprint density at radius 2 is 0.779 bits per heavy atom. The summed E-state index contributed by atoms with van der Waals surface area (Å²) in [6.07, 6.45) is 8.31. The number of fused-ring (bicyclic) bond motifs is 8. The first-order valence-corrected chi connectivity index (χ1v) is 32.4. The molecule has 8 bridgehead atoms. The maximum atomic E-state index is 13.2. The number of aromatic nitrogens is 4. The molecule has 68 heavy (non-hydrogen) atoms. The molecule has 12 heteroatoms. The third-order valence-electron chi connectivity index (χ3n) is 12.0. The van der Waals surface area contributed by atoms with Crippen molar-refractivity contribution >= 4 is 120 Å². The summed E-state index contributed by atoms with van der Waals surface area (Å²) in [4.78, 5) is 44.9. The molecule has 0 fully saturated rings. The standard InChI is InChI=1S/C56H52I2N4O4Si2/c1-67(2,3)31-29-65-55(63)37-17-13-35(14-18-37)51-43-21-25-47(59-43)53(39-9-7-11-41(57)33-39)49-27-23-45(61-49)52(36-15-19-38(20-16-36)56(64)66-30-32-68(4,5)6)46-24-28-50(62-46)54(48-26-22-44(51)60-48)40-10-8-12-42(58)34-40/h7-28,33-34,59,62H,29-32H2,1-6H3. The van der Waals surface area contributed by atoms with E-state index in [1.165, 1.54) is 0 Å². The Hall–Kier alpha value is -5.69. The van der Waals surface area contributed by atoms with E-state index in [0.717, 1.165) is 109 Å². The molecule has 5 heterocycles. The first-order chi connectivity index (χ1) is 32.6. The lowest BCUT2D eigenvalue weighted by Crippen LogP contribution is -2.22. The van der Waals surface area contributed by atoms with E-state index in [4.69, 9.17) is 19.4 Å². The van der Waals surface area contributed by atoms with E-state index < -0.39 is 16.1 Å². The Morgan fingerprint density at radius 1 is 0.456 bits per heavy atom. The Morgan fingerprint density at radius 3 is 1.09 bits per heavy atom. The topological polar surface area (TPSA) is 110 Å². The molecule has 342 valence electrons. The van der Waals surface area contributed by atoms with Crippen LogP contribution in [0.1, 0.15) is 43.5 Å². The highest BCUT2D eigenvalue weighted by molar-refractivity contribution is 14.1. The number of aromatic amines is 2. The molecule has 8 nitrogen and oxygen atoms in total. The van der Waals surface area contributed by atoms with Crippen LogP contribution in [-0.4, -0.2) is 61.2 Å². The molecule has 0 saturated heterocycles. The van der Waals surface area contributed by atoms with Crippen LogP contribution < -0.4 is 0 Å². The molecule has 0 spiro atoms. The van der Waals surface area contributed by atoms with Gasteiger partial charge in [0.2, 0.25) is 0 Å². The van der Waals surface area contributed by atoms with Crippen molar-refractivity contribution in [1.82, 2.24) is 19.9 Å². The summed E-state index contributed by atoms with van der Waals surface area (Å²) < 4.78 is 13.6. The van der Waals surface area contributed by atoms with Gasteiger partial charge in [-0.2, -0.15) is 0 Å². The van der Waals surface area contributed by atoms with Crippen molar-refractivity contribution in [3.8, 4) is 44.5 Å². The Bertz CT molecular complexity index is 3100. The number of carbonyl (C=O) groups excluding carboxylic acids is 2. The van der Waals surface area contributed by atoms with E-state index in [2.05, 4.69) is 192 Å². The molecule has 0 unspecified atom stereocenters. The van der Waals surface area contributed by atoms with E-state index >= 15 is 0 Å². The van der Waals surface area contributed by atoms with Crippen molar-refractivity contribution in [2.75, 3.05) is 13.2 Å². The van der Waals surface area contributed by atoms with Crippen LogP contribution in [0.25, 0.3) is 90.9 Å². The van der Waals surface area contributed by atoms with Crippen LogP contribution in [-0.2, 0) is 9.47 Å². The van der Waals surface area contributed by atoms with Gasteiger partial charge >= 0.3 is 11.9 Å². The first-order valence-electron chi connectivity index (χ1n) is 22.8. The lowest BCUT2D eigenvalue weighted by Gasteiger charge is -2.15. The number of carbonyl (C=O) groups is 2. The normalized spacial score (nSPS) is 12.4. The van der Waals surface area contributed by atoms with Gasteiger partial charge in [0.15, 0.2) is 0 Å². The van der Waals surface area contributed by atoms with Gasteiger partial charge in [0.05, 0.1) is 47.1 Å². The average molecular weight is 1160 g/mol. The summed E-state index contributed by atoms with van der Waals surface area (Å²) >= 11 is 4.72. The second kappa shape index (κ2) is 19.7. The van der Waals surface area contributed by atoms with E-state index in [-0.39, 0.29) is 11.9 Å². The number of hydrogen-bond donors (Lipinski definition) is 2. The number of H-pyrrole nitrogens is 2. The van der Waals surface area contributed by atoms with Crippen LogP contribution in [0.5, 0.6) is 0 Å². The molecule has 4 aromatic carbocycles. The van der Waals surface area contributed by atoms with Crippen LogP contribution in [0.4, 0.5) is 0 Å². The number of halogens is 2. The molecule has 0 atom stereocenters. The smallest absolute Gasteiger partial charge is 0.338 e. The number of hydrogen-bond acceptors (Lipinski definition) is 6. The monoisotopic (exact) mass is 1150 g/mol. The van der Waals surface area contributed by atoms with Crippen molar-refractivity contribution in [3.63, 3.8) is 0 Å². The second-order valence-corrected chi connectivity index (χ2v) is 33.3. The third kappa shape index (κ3) is 10.8. The summed E-state index contributed by atoms with van der Waals surface area (Å²) in [6.45, 7) is 14.5. The highest BCUT2D eigenvalue weighted by atomic mass is 127. The van der Waals surface area contributed by atoms with Crippen molar-refractivity contribution in [1.29, 1.82) is 0 Å². The number of rotatable bonds is 12. The summed E-state index contributed by atoms with van der Waals surface area (Å²) in [5.41, 5.74) is 15.1. The molecule has 7 aromatic rings. The van der Waals surface area contributed by atoms with Gasteiger partial charge in [-0.3, -0.25) is 0 Å². The molecule has 0 amide bonds. The zero-order valence-corrected chi connectivity index (χ0v) is 45.3. The lowest BCUT2D eigenvalue weighted by molar-refractivity contribution is 0.0515. The number of nitrogens with zero attached hydrogens (tertiary/aromatic N) is 2. The van der Waals surface area contributed by atoms with Gasteiger partial charge in [0.1, 0.15) is 0 Å². The average Bonchev–Trinajstić information content (AvgIpc) is 4.14. The predicted octanol–water partition coefficient (Wildman–Crippen LogP) is 15.5. The van der Waals surface area contributed by atoms with Gasteiger partial charge in [-0.15, -0.1) is 0 Å². The quantitative estimate of drug-likeness (QED) is 0.0716. The summed E-state index contributed by atoms with van der Waals surface area (Å²) in [6, 6.07) is 42.4. The first kappa shape index (κ1) is 47.4. The van der Waals surface area contributed by atoms with Crippen molar-refractivity contribution in [2.45, 2.75) is 51.4 Å². The van der Waals surface area contributed by atoms with Crippen molar-refractivity contribution in [3.05, 3.63) is 162 Å². The van der Waals surface area contributed by atoms with Gasteiger partial charge < -0.3 is 19.4 Å². The minimum atomic E-state index is -1.37. The molecule has 0 aliphatic carbocycles. The van der Waals surface area contributed by atoms with Crippen LogP contribution in [0.15, 0.2) is 121 Å². The molecular weight excluding hydrogens is 1100 g/mol. The predicted molar refractivity (Wildman–Crippen MR) is 303 cm³/mol. The SMILES string of the molecule is C[Si](C)(C)CCOC(=O)c1ccc(-c2c3nc(c(-c4cccc(I)c4)c4ccc([nH]4)c(-c4ccc(C(=O)OCC[Si](C)(C)C)cc4)c4nc(c(-c5cccc(I)c5)c5ccc2[nH]5)C=C4)C=C3)cc1. The number of benzene rings is 4. The summed E-state index contributed by atoms with van der Waals surface area (Å²) in [5, 5.41) is 0. The minimum absolute atomic E-state index is 0.320. The van der Waals surface area contributed by atoms with Crippen molar-refractivity contribution < 1.29 is 19.1 Å². The maximum absolute atomic E-state index is 13.2. The van der Waals surface area contributed by atoms with Gasteiger partial charge in [0.25, 0.3) is 0 Å². The largest absolute Gasteiger partial charge is 0.462 e. The molecule has 9 rings (SSSR count). The van der Waals surface area contributed by atoms with Crippen LogP contribution >= 0.6 is 45.2 Å². The fourth-order valence-electron chi connectivity index (χ4n) is 8.32. The lowest BCUT2D eigenvalue weighted by atomic mass is 10.0. The second-order valence-electron chi connectivity index (χ2n) is 19.6. The molecule has 0 saturated carbocycles. The van der Waals surface area contributed by atoms with E-state index in [0.29, 0.717) is 24.3 Å². The van der Waals surface area contributed by atoms with Crippen LogP contribution in [0.2, 0.25) is 51.4 Å². The highest BCUT2D eigenvalue weighted by Crippen LogP contribution is 2.39. The third-order valence-corrected chi connectivity index (χ3v) is 16.7. The fourth-order valence-corrected chi connectivity index (χ4v) is 10.8. The van der Waals surface area contributed by atoms with Gasteiger partial charge in [-0.05, 0) is 177 Å². The van der Waals surface area contributed by atoms with Crippen LogP contribution in [0.3, 0.4) is 0 Å². The summed E-state index contributed by atoms with van der Waals surface area (Å²) in [5.74, 6) is -0.640. The number of ether oxygens (including phenoxy) is 2. The minimum Gasteiger partial charge on any atom is -0.462 e. The number of nitrogens with one attached hydrogen (secondary N) is 2. The molecule has 2 N–H and O–H groups in total.